The lowest BCUT2D eigenvalue weighted by Gasteiger charge is -2.39. The first-order valence-electron chi connectivity index (χ1n) is 8.68. The van der Waals surface area contributed by atoms with Gasteiger partial charge in [-0.05, 0) is 24.8 Å². The summed E-state index contributed by atoms with van der Waals surface area (Å²) >= 11 is 0. The highest BCUT2D eigenvalue weighted by molar-refractivity contribution is 5.82. The van der Waals surface area contributed by atoms with E-state index in [2.05, 4.69) is 10.6 Å². The van der Waals surface area contributed by atoms with Gasteiger partial charge in [0.2, 0.25) is 5.91 Å². The molecule has 0 unspecified atom stereocenters. The zero-order valence-electron chi connectivity index (χ0n) is 14.1. The third-order valence-corrected chi connectivity index (χ3v) is 4.45. The van der Waals surface area contributed by atoms with Gasteiger partial charge in [0, 0.05) is 6.04 Å². The number of rotatable bonds is 5. The molecule has 25 heavy (non-hydrogen) atoms. The van der Waals surface area contributed by atoms with Crippen LogP contribution >= 0.6 is 0 Å². The largest absolute Gasteiger partial charge is 0.445 e. The van der Waals surface area contributed by atoms with Gasteiger partial charge in [0.05, 0.1) is 25.4 Å². The molecule has 3 atom stereocenters. The number of ether oxygens (including phenoxy) is 3. The first kappa shape index (κ1) is 17.7. The number of hydrogen-bond acceptors (Lipinski definition) is 5. The summed E-state index contributed by atoms with van der Waals surface area (Å²) in [4.78, 5) is 23.6. The van der Waals surface area contributed by atoms with Crippen molar-refractivity contribution in [1.82, 2.24) is 10.6 Å². The van der Waals surface area contributed by atoms with Crippen molar-refractivity contribution < 1.29 is 23.8 Å². The molecule has 1 aromatic rings. The van der Waals surface area contributed by atoms with E-state index in [1.165, 1.54) is 0 Å². The first-order chi connectivity index (χ1) is 12.2. The minimum atomic E-state index is -0.605. The van der Waals surface area contributed by atoms with Crippen LogP contribution < -0.4 is 10.6 Å². The van der Waals surface area contributed by atoms with Gasteiger partial charge < -0.3 is 24.8 Å². The van der Waals surface area contributed by atoms with Crippen molar-refractivity contribution in [2.45, 2.75) is 44.1 Å². The quantitative estimate of drug-likeness (QED) is 0.839. The topological polar surface area (TPSA) is 85.9 Å². The second kappa shape index (κ2) is 8.82. The highest BCUT2D eigenvalue weighted by atomic mass is 16.6. The number of alkyl carbamates (subject to hydrolysis) is 1. The summed E-state index contributed by atoms with van der Waals surface area (Å²) in [6, 6.07) is 9.43. The third kappa shape index (κ3) is 5.44. The normalized spacial score (nSPS) is 25.5. The van der Waals surface area contributed by atoms with Crippen molar-refractivity contribution in [3.05, 3.63) is 35.9 Å². The van der Waals surface area contributed by atoms with E-state index in [9.17, 15) is 9.59 Å². The second-order valence-corrected chi connectivity index (χ2v) is 6.31. The Hall–Kier alpha value is -2.12. The molecule has 2 aliphatic rings. The Bertz CT molecular complexity index is 580. The molecule has 2 fully saturated rings. The van der Waals surface area contributed by atoms with E-state index >= 15 is 0 Å². The molecular formula is C18H24N2O5. The minimum absolute atomic E-state index is 0.0524. The molecule has 1 saturated carbocycles. The number of benzene rings is 1. The molecule has 2 N–H and O–H groups in total. The molecule has 136 valence electrons. The lowest BCUT2D eigenvalue weighted by molar-refractivity contribution is -0.158. The summed E-state index contributed by atoms with van der Waals surface area (Å²) in [6.45, 7) is 1.33. The van der Waals surface area contributed by atoms with E-state index in [1.54, 1.807) is 0 Å². The lowest BCUT2D eigenvalue weighted by Crippen LogP contribution is -2.50. The van der Waals surface area contributed by atoms with Crippen LogP contribution in [0.5, 0.6) is 0 Å². The maximum Gasteiger partial charge on any atom is 0.407 e. The van der Waals surface area contributed by atoms with Gasteiger partial charge in [-0.25, -0.2) is 4.79 Å². The lowest BCUT2D eigenvalue weighted by atomic mass is 9.89. The van der Waals surface area contributed by atoms with Gasteiger partial charge in [0.1, 0.15) is 13.2 Å². The van der Waals surface area contributed by atoms with E-state index in [0.29, 0.717) is 13.2 Å². The molecule has 7 nitrogen and oxygen atoms in total. The number of carbonyl (C=O) groups is 2. The Morgan fingerprint density at radius 2 is 1.84 bits per heavy atom. The molecule has 0 radical (unpaired) electrons. The maximum atomic E-state index is 12.0. The van der Waals surface area contributed by atoms with Crippen LogP contribution in [0.1, 0.15) is 24.8 Å². The predicted octanol–water partition coefficient (Wildman–Crippen LogP) is 1.37. The van der Waals surface area contributed by atoms with E-state index in [0.717, 1.165) is 24.8 Å². The smallest absolute Gasteiger partial charge is 0.407 e. The molecule has 0 bridgehead atoms. The number of nitrogens with one attached hydrogen (secondary N) is 2. The Kier molecular flexibility index (Phi) is 6.25. The summed E-state index contributed by atoms with van der Waals surface area (Å²) in [5.74, 6) is -0.225. The molecule has 0 aromatic heterocycles. The zero-order chi connectivity index (χ0) is 17.5. The van der Waals surface area contributed by atoms with E-state index < -0.39 is 6.09 Å². The van der Waals surface area contributed by atoms with Crippen LogP contribution in [-0.4, -0.2) is 50.0 Å². The van der Waals surface area contributed by atoms with Crippen molar-refractivity contribution in [3.8, 4) is 0 Å². The summed E-state index contributed by atoms with van der Waals surface area (Å²) in [5, 5.41) is 5.41. The summed E-state index contributed by atoms with van der Waals surface area (Å²) in [6.07, 6.45) is 2.07. The van der Waals surface area contributed by atoms with Crippen LogP contribution in [0, 0.1) is 0 Å². The standard InChI is InChI=1S/C18H24N2O5/c21-17(11-19-18(22)25-12-13-4-2-1-3-5-13)20-14-6-7-15-16(10-14)24-9-8-23-15/h1-5,14-16H,6-12H2,(H,19,22)(H,20,21)/t14-,15+,16-/m1/s1. The fraction of sp³-hybridized carbons (Fsp3) is 0.556. The van der Waals surface area contributed by atoms with Gasteiger partial charge in [-0.1, -0.05) is 30.3 Å². The number of amides is 2. The Morgan fingerprint density at radius 1 is 1.08 bits per heavy atom. The molecule has 1 heterocycles. The van der Waals surface area contributed by atoms with Crippen LogP contribution in [0.4, 0.5) is 4.79 Å². The average Bonchev–Trinajstić information content (AvgIpc) is 2.65. The number of fused-ring (bicyclic) bond motifs is 1. The Balaban J connectivity index is 1.33. The van der Waals surface area contributed by atoms with Crippen molar-refractivity contribution in [2.24, 2.45) is 0 Å². The molecular weight excluding hydrogens is 324 g/mol. The minimum Gasteiger partial charge on any atom is -0.445 e. The number of carbonyl (C=O) groups excluding carboxylic acids is 2. The van der Waals surface area contributed by atoms with Crippen LogP contribution in [-0.2, 0) is 25.6 Å². The summed E-state index contributed by atoms with van der Waals surface area (Å²) in [5.41, 5.74) is 0.897. The van der Waals surface area contributed by atoms with Gasteiger partial charge in [-0.15, -0.1) is 0 Å². The number of hydrogen-bond donors (Lipinski definition) is 2. The average molecular weight is 348 g/mol. The van der Waals surface area contributed by atoms with Gasteiger partial charge >= 0.3 is 6.09 Å². The van der Waals surface area contributed by atoms with Gasteiger partial charge in [0.25, 0.3) is 0 Å². The van der Waals surface area contributed by atoms with E-state index in [1.807, 2.05) is 30.3 Å². The summed E-state index contributed by atoms with van der Waals surface area (Å²) < 4.78 is 16.4. The highest BCUT2D eigenvalue weighted by Gasteiger charge is 2.34. The predicted molar refractivity (Wildman–Crippen MR) is 89.9 cm³/mol. The molecule has 1 aliphatic heterocycles. The summed E-state index contributed by atoms with van der Waals surface area (Å²) in [7, 11) is 0. The first-order valence-corrected chi connectivity index (χ1v) is 8.68. The molecule has 0 spiro atoms. The monoisotopic (exact) mass is 348 g/mol. The van der Waals surface area contributed by atoms with Crippen molar-refractivity contribution in [1.29, 1.82) is 0 Å². The van der Waals surface area contributed by atoms with Crippen molar-refractivity contribution in [2.75, 3.05) is 19.8 Å². The van der Waals surface area contributed by atoms with Gasteiger partial charge in [0.15, 0.2) is 0 Å². The second-order valence-electron chi connectivity index (χ2n) is 6.31. The Morgan fingerprint density at radius 3 is 2.64 bits per heavy atom. The third-order valence-electron chi connectivity index (χ3n) is 4.45. The van der Waals surface area contributed by atoms with Crippen LogP contribution in [0.2, 0.25) is 0 Å². The molecule has 3 rings (SSSR count). The molecule has 1 aliphatic carbocycles. The maximum absolute atomic E-state index is 12.0. The van der Waals surface area contributed by atoms with E-state index in [-0.39, 0.29) is 37.3 Å². The van der Waals surface area contributed by atoms with Gasteiger partial charge in [-0.3, -0.25) is 4.79 Å². The van der Waals surface area contributed by atoms with E-state index in [4.69, 9.17) is 14.2 Å². The van der Waals surface area contributed by atoms with Crippen LogP contribution in [0.3, 0.4) is 0 Å². The fourth-order valence-electron chi connectivity index (χ4n) is 3.20. The highest BCUT2D eigenvalue weighted by Crippen LogP contribution is 2.26. The van der Waals surface area contributed by atoms with Crippen LogP contribution in [0.25, 0.3) is 0 Å². The molecule has 1 aromatic carbocycles. The molecule has 1 saturated heterocycles. The van der Waals surface area contributed by atoms with Crippen molar-refractivity contribution in [3.63, 3.8) is 0 Å². The Labute approximate surface area is 147 Å². The zero-order valence-corrected chi connectivity index (χ0v) is 14.1. The molecule has 2 amide bonds. The SMILES string of the molecule is O=C(CNC(=O)OCc1ccccc1)N[C@@H]1CC[C@@H]2OCCO[C@@H]2C1. The van der Waals surface area contributed by atoms with Crippen LogP contribution in [0.15, 0.2) is 30.3 Å². The van der Waals surface area contributed by atoms with Gasteiger partial charge in [-0.2, -0.15) is 0 Å². The fourth-order valence-corrected chi connectivity index (χ4v) is 3.20. The molecule has 7 heteroatoms. The van der Waals surface area contributed by atoms with Crippen molar-refractivity contribution >= 4 is 12.0 Å².